The van der Waals surface area contributed by atoms with E-state index in [1.165, 1.54) is 0 Å². The standard InChI is InChI=1S/2Cr.Hg.K.7O/q;;2*+1;;;;;;2*-1. The molecule has 0 heterocycles. The summed E-state index contributed by atoms with van der Waals surface area (Å²) in [6.45, 7) is 0. The molecule has 0 rings (SSSR count). The van der Waals surface area contributed by atoms with Crippen LogP contribution in [0.2, 0.25) is 0 Å². The molecule has 0 saturated heterocycles. The maximum atomic E-state index is 9.38. The summed E-state index contributed by atoms with van der Waals surface area (Å²) >= 11 is -12.1. The molecular weight excluding hydrogens is 456 g/mol. The van der Waals surface area contributed by atoms with E-state index in [-0.39, 0.29) is 79.1 Å². The molecule has 0 spiro atoms. The van der Waals surface area contributed by atoms with Gasteiger partial charge in [-0.2, -0.15) is 0 Å². The Hall–Kier alpha value is 2.72. The van der Waals surface area contributed by atoms with Gasteiger partial charge in [-0.05, 0) is 0 Å². The Labute approximate surface area is 130 Å². The minimum atomic E-state index is -6.07. The topological polar surface area (TPSA) is 124 Å². The Morgan fingerprint density at radius 3 is 1.09 bits per heavy atom. The summed E-state index contributed by atoms with van der Waals surface area (Å²) in [5.41, 5.74) is 0. The van der Waals surface area contributed by atoms with E-state index in [1.807, 2.05) is 0 Å². The molecule has 0 aromatic rings. The average molecular weight is 456 g/mol. The van der Waals surface area contributed by atoms with Crippen LogP contribution in [0.25, 0.3) is 0 Å². The molecule has 57 valence electrons. The molecule has 0 atom stereocenters. The summed E-state index contributed by atoms with van der Waals surface area (Å²) in [6.07, 6.45) is 0. The normalized spacial score (nSPS) is 11.1. The van der Waals surface area contributed by atoms with Crippen LogP contribution in [0, 0.1) is 0 Å². The van der Waals surface area contributed by atoms with Crippen LogP contribution in [0.5, 0.6) is 0 Å². The van der Waals surface area contributed by atoms with Crippen LogP contribution in [0.1, 0.15) is 0 Å². The molecule has 0 aliphatic rings. The second-order valence-electron chi connectivity index (χ2n) is 0.885. The molecule has 0 amide bonds. The first kappa shape index (κ1) is 19.3. The fourth-order valence-electron chi connectivity index (χ4n) is 0.102. The Kier molecular flexibility index (Phi) is 12.4. The Morgan fingerprint density at radius 2 is 1.09 bits per heavy atom. The van der Waals surface area contributed by atoms with Gasteiger partial charge >= 0.3 is 133 Å². The molecule has 0 aromatic carbocycles. The van der Waals surface area contributed by atoms with Gasteiger partial charge < -0.3 is 0 Å². The van der Waals surface area contributed by atoms with Crippen LogP contribution >= 0.6 is 0 Å². The van der Waals surface area contributed by atoms with Crippen molar-refractivity contribution in [3.05, 3.63) is 0 Å². The summed E-state index contributed by atoms with van der Waals surface area (Å²) in [4.78, 5) is 0. The van der Waals surface area contributed by atoms with Gasteiger partial charge in [0.15, 0.2) is 0 Å². The first-order chi connectivity index (χ1) is 3.71. The molecule has 0 N–H and O–H groups in total. The van der Waals surface area contributed by atoms with Gasteiger partial charge in [0, 0.05) is 0 Å². The third kappa shape index (κ3) is 19.2. The van der Waals surface area contributed by atoms with Gasteiger partial charge in [0.1, 0.15) is 0 Å². The predicted molar refractivity (Wildman–Crippen MR) is 3.83 cm³/mol. The number of hydrogen-bond acceptors (Lipinski definition) is 7. The maximum absolute atomic E-state index is 9.38. The van der Waals surface area contributed by atoms with Crippen LogP contribution in [-0.4, -0.2) is 0 Å². The molecule has 7 nitrogen and oxygen atoms in total. The van der Waals surface area contributed by atoms with Crippen molar-refractivity contribution in [2.24, 2.45) is 0 Å². The van der Waals surface area contributed by atoms with E-state index in [0.717, 1.165) is 0 Å². The van der Waals surface area contributed by atoms with Crippen molar-refractivity contribution in [2.45, 2.75) is 0 Å². The van der Waals surface area contributed by atoms with Gasteiger partial charge in [0.05, 0.1) is 0 Å². The summed E-state index contributed by atoms with van der Waals surface area (Å²) in [5, 5.41) is 0. The predicted octanol–water partition coefficient (Wildman–Crippen LogP) is -5.93. The third-order valence-electron chi connectivity index (χ3n) is 0.167. The molecule has 0 aliphatic carbocycles. The van der Waals surface area contributed by atoms with E-state index in [0.29, 0.717) is 0 Å². The summed E-state index contributed by atoms with van der Waals surface area (Å²) in [6, 6.07) is 0. The zero-order valence-electron chi connectivity index (χ0n) is 5.38. The SMILES string of the molecule is [Hg+].[K+].[O]=[Cr](=[O])([O-])[O][Cr](=[O])(=[O])[O-]. The molecule has 11 heavy (non-hydrogen) atoms. The second kappa shape index (κ2) is 7.07. The zero-order valence-corrected chi connectivity index (χ0v) is 16.6. The van der Waals surface area contributed by atoms with Crippen LogP contribution in [0.4, 0.5) is 0 Å². The molecule has 0 saturated carbocycles. The van der Waals surface area contributed by atoms with Crippen molar-refractivity contribution in [1.82, 2.24) is 0 Å². The Morgan fingerprint density at radius 1 is 0.909 bits per heavy atom. The minimum absolute atomic E-state index is 0. The zero-order chi connectivity index (χ0) is 7.71. The third-order valence-corrected chi connectivity index (χ3v) is 2.83. The number of rotatable bonds is 2. The molecule has 0 fully saturated rings. The van der Waals surface area contributed by atoms with Gasteiger partial charge in [-0.1, -0.05) is 0 Å². The van der Waals surface area contributed by atoms with E-state index >= 15 is 0 Å². The van der Waals surface area contributed by atoms with E-state index in [2.05, 4.69) is 2.84 Å². The molecule has 11 heteroatoms. The van der Waals surface area contributed by atoms with Gasteiger partial charge in [-0.15, -0.1) is 0 Å². The van der Waals surface area contributed by atoms with E-state index < -0.39 is 27.2 Å². The van der Waals surface area contributed by atoms with Gasteiger partial charge in [0.25, 0.3) is 0 Å². The Balaban J connectivity index is -0.000000320. The quantitative estimate of drug-likeness (QED) is 0.380. The number of hydrogen-bond donors (Lipinski definition) is 0. The van der Waals surface area contributed by atoms with Gasteiger partial charge in [-0.3, -0.25) is 0 Å². The van der Waals surface area contributed by atoms with Crippen molar-refractivity contribution >= 4 is 0 Å². The van der Waals surface area contributed by atoms with E-state index in [1.54, 1.807) is 0 Å². The van der Waals surface area contributed by atoms with Crippen LogP contribution < -0.4 is 59.7 Å². The van der Waals surface area contributed by atoms with Crippen LogP contribution in [-0.2, 0) is 72.9 Å². The van der Waals surface area contributed by atoms with Gasteiger partial charge in [0.2, 0.25) is 0 Å². The van der Waals surface area contributed by atoms with Crippen molar-refractivity contribution in [1.29, 1.82) is 0 Å². The van der Waals surface area contributed by atoms with Crippen molar-refractivity contribution < 1.29 is 133 Å². The molecule has 0 aliphatic heterocycles. The first-order valence-electron chi connectivity index (χ1n) is 1.33. The van der Waals surface area contributed by atoms with Gasteiger partial charge in [-0.25, -0.2) is 0 Å². The van der Waals surface area contributed by atoms with E-state index in [9.17, 15) is 23.5 Å². The fourth-order valence-corrected chi connectivity index (χ4v) is 1.74. The summed E-state index contributed by atoms with van der Waals surface area (Å²) in [5.74, 6) is 0. The first-order valence-corrected chi connectivity index (χ1v) is 5.50. The molecule has 0 bridgehead atoms. The van der Waals surface area contributed by atoms with Crippen molar-refractivity contribution in [3.8, 4) is 0 Å². The monoisotopic (exact) mass is 457 g/mol. The van der Waals surface area contributed by atoms with Crippen molar-refractivity contribution in [2.75, 3.05) is 0 Å². The molecule has 0 aromatic heterocycles. The van der Waals surface area contributed by atoms with E-state index in [4.69, 9.17) is 0 Å². The molecule has 0 unspecified atom stereocenters. The molecular formula is Cr2HgKO7. The second-order valence-corrected chi connectivity index (χ2v) is 4.52. The Bertz CT molecular complexity index is 242. The summed E-state index contributed by atoms with van der Waals surface area (Å²) < 4.78 is 58.9. The van der Waals surface area contributed by atoms with Crippen LogP contribution in [0.15, 0.2) is 0 Å². The van der Waals surface area contributed by atoms with Crippen LogP contribution in [0.3, 0.4) is 0 Å². The molecule has 1 radical (unpaired) electrons. The average Bonchev–Trinajstić information content (AvgIpc) is 1.14. The van der Waals surface area contributed by atoms with Crippen molar-refractivity contribution in [3.63, 3.8) is 0 Å². The summed E-state index contributed by atoms with van der Waals surface area (Å²) in [7, 11) is 0. The fraction of sp³-hybridized carbons (Fsp3) is 0.